The zero-order valence-corrected chi connectivity index (χ0v) is 19.2. The third kappa shape index (κ3) is 4.78. The van der Waals surface area contributed by atoms with Crippen LogP contribution in [0.5, 0.6) is 5.75 Å². The highest BCUT2D eigenvalue weighted by Crippen LogP contribution is 2.28. The number of amides is 2. The molecule has 0 bridgehead atoms. The Morgan fingerprint density at radius 3 is 2.44 bits per heavy atom. The van der Waals surface area contributed by atoms with Gasteiger partial charge < -0.3 is 19.9 Å². The Kier molecular flexibility index (Phi) is 6.46. The molecule has 2 heterocycles. The van der Waals surface area contributed by atoms with Gasteiger partial charge in [0.25, 0.3) is 0 Å². The summed E-state index contributed by atoms with van der Waals surface area (Å²) in [5, 5.41) is 12.3. The normalized spacial score (nSPS) is 13.8. The monoisotopic (exact) mass is 451 g/mol. The number of carbonyl (C=O) groups is 1. The molecule has 2 amide bonds. The SMILES string of the molecule is COc1ccc(Cl)cc1NC(=O)N1CCN(c2ccc(-c3ccc(C)cc3C)nn2)CC1. The second-order valence-corrected chi connectivity index (χ2v) is 8.28. The Labute approximate surface area is 193 Å². The van der Waals surface area contributed by atoms with Crippen LogP contribution in [0.2, 0.25) is 5.02 Å². The fraction of sp³-hybridized carbons (Fsp3) is 0.292. The van der Waals surface area contributed by atoms with Crippen LogP contribution in [0.1, 0.15) is 11.1 Å². The molecule has 166 valence electrons. The smallest absolute Gasteiger partial charge is 0.322 e. The van der Waals surface area contributed by atoms with Crippen LogP contribution in [0.4, 0.5) is 16.3 Å². The number of nitrogens with one attached hydrogen (secondary N) is 1. The molecule has 0 unspecified atom stereocenters. The minimum absolute atomic E-state index is 0.179. The first-order valence-corrected chi connectivity index (χ1v) is 10.9. The number of hydrogen-bond acceptors (Lipinski definition) is 5. The second-order valence-electron chi connectivity index (χ2n) is 7.84. The summed E-state index contributed by atoms with van der Waals surface area (Å²) in [6.07, 6.45) is 0. The average Bonchev–Trinajstić information content (AvgIpc) is 2.79. The fourth-order valence-electron chi connectivity index (χ4n) is 3.85. The van der Waals surface area contributed by atoms with Crippen LogP contribution in [0.15, 0.2) is 48.5 Å². The Balaban J connectivity index is 1.37. The summed E-state index contributed by atoms with van der Waals surface area (Å²) in [5.74, 6) is 1.38. The lowest BCUT2D eigenvalue weighted by Crippen LogP contribution is -2.50. The Morgan fingerprint density at radius 2 is 1.78 bits per heavy atom. The van der Waals surface area contributed by atoms with Crippen molar-refractivity contribution in [3.63, 3.8) is 0 Å². The molecule has 0 saturated carbocycles. The van der Waals surface area contributed by atoms with E-state index in [9.17, 15) is 4.79 Å². The third-order valence-corrected chi connectivity index (χ3v) is 5.84. The lowest BCUT2D eigenvalue weighted by molar-refractivity contribution is 0.208. The molecule has 4 rings (SSSR count). The van der Waals surface area contributed by atoms with Crippen molar-refractivity contribution in [2.24, 2.45) is 0 Å². The molecular weight excluding hydrogens is 426 g/mol. The minimum Gasteiger partial charge on any atom is -0.495 e. The van der Waals surface area contributed by atoms with Crippen LogP contribution in [0.25, 0.3) is 11.3 Å². The predicted molar refractivity (Wildman–Crippen MR) is 128 cm³/mol. The van der Waals surface area contributed by atoms with E-state index in [2.05, 4.69) is 52.5 Å². The summed E-state index contributed by atoms with van der Waals surface area (Å²) in [7, 11) is 1.56. The molecule has 32 heavy (non-hydrogen) atoms. The summed E-state index contributed by atoms with van der Waals surface area (Å²) >= 11 is 6.06. The van der Waals surface area contributed by atoms with Gasteiger partial charge in [-0.15, -0.1) is 10.2 Å². The first kappa shape index (κ1) is 21.9. The maximum Gasteiger partial charge on any atom is 0.322 e. The number of urea groups is 1. The van der Waals surface area contributed by atoms with Crippen LogP contribution in [-0.4, -0.2) is 54.4 Å². The van der Waals surface area contributed by atoms with E-state index in [1.165, 1.54) is 11.1 Å². The van der Waals surface area contributed by atoms with E-state index in [1.54, 1.807) is 30.2 Å². The number of ether oxygens (including phenoxy) is 1. The first-order chi connectivity index (χ1) is 15.4. The molecule has 0 radical (unpaired) electrons. The van der Waals surface area contributed by atoms with Gasteiger partial charge in [0.2, 0.25) is 0 Å². The number of hydrogen-bond donors (Lipinski definition) is 1. The number of nitrogens with zero attached hydrogens (tertiary/aromatic N) is 4. The lowest BCUT2D eigenvalue weighted by Gasteiger charge is -2.35. The van der Waals surface area contributed by atoms with Crippen molar-refractivity contribution >= 4 is 29.1 Å². The molecule has 1 aliphatic rings. The van der Waals surface area contributed by atoms with E-state index in [-0.39, 0.29) is 6.03 Å². The fourth-order valence-corrected chi connectivity index (χ4v) is 4.02. The van der Waals surface area contributed by atoms with Gasteiger partial charge in [0, 0.05) is 36.8 Å². The average molecular weight is 452 g/mol. The number of aryl methyl sites for hydroxylation is 2. The van der Waals surface area contributed by atoms with Gasteiger partial charge in [-0.3, -0.25) is 0 Å². The molecule has 0 aliphatic carbocycles. The molecule has 0 atom stereocenters. The number of carbonyl (C=O) groups excluding carboxylic acids is 1. The third-order valence-electron chi connectivity index (χ3n) is 5.60. The van der Waals surface area contributed by atoms with Gasteiger partial charge >= 0.3 is 6.03 Å². The minimum atomic E-state index is -0.179. The zero-order chi connectivity index (χ0) is 22.7. The number of piperazine rings is 1. The number of aromatic nitrogens is 2. The van der Waals surface area contributed by atoms with E-state index >= 15 is 0 Å². The maximum absolute atomic E-state index is 12.7. The number of rotatable bonds is 4. The zero-order valence-electron chi connectivity index (χ0n) is 18.4. The van der Waals surface area contributed by atoms with Gasteiger partial charge in [0.05, 0.1) is 18.5 Å². The van der Waals surface area contributed by atoms with Crippen LogP contribution in [0, 0.1) is 13.8 Å². The van der Waals surface area contributed by atoms with Crippen LogP contribution >= 0.6 is 11.6 Å². The Bertz CT molecular complexity index is 1110. The number of methoxy groups -OCH3 is 1. The highest BCUT2D eigenvalue weighted by atomic mass is 35.5. The largest absolute Gasteiger partial charge is 0.495 e. The standard InChI is InChI=1S/C24H26ClN5O2/c1-16-4-6-19(17(2)14-16)20-7-9-23(28-27-20)29-10-12-30(13-11-29)24(31)26-21-15-18(25)5-8-22(21)32-3/h4-9,14-15H,10-13H2,1-3H3,(H,26,31). The van der Waals surface area contributed by atoms with Crippen molar-refractivity contribution in [1.29, 1.82) is 0 Å². The molecule has 1 saturated heterocycles. The molecule has 2 aromatic carbocycles. The van der Waals surface area contributed by atoms with Gasteiger partial charge in [-0.2, -0.15) is 0 Å². The van der Waals surface area contributed by atoms with Crippen molar-refractivity contribution in [3.05, 3.63) is 64.7 Å². The number of anilines is 2. The lowest BCUT2D eigenvalue weighted by atomic mass is 10.0. The van der Waals surface area contributed by atoms with Crippen molar-refractivity contribution in [1.82, 2.24) is 15.1 Å². The molecule has 8 heteroatoms. The summed E-state index contributed by atoms with van der Waals surface area (Å²) in [4.78, 5) is 16.6. The first-order valence-electron chi connectivity index (χ1n) is 10.5. The highest BCUT2D eigenvalue weighted by molar-refractivity contribution is 6.31. The van der Waals surface area contributed by atoms with E-state index in [0.717, 1.165) is 17.1 Å². The van der Waals surface area contributed by atoms with E-state index in [0.29, 0.717) is 42.6 Å². The topological polar surface area (TPSA) is 70.6 Å². The molecule has 1 aliphatic heterocycles. The molecule has 3 aromatic rings. The van der Waals surface area contributed by atoms with Crippen molar-refractivity contribution in [3.8, 4) is 17.0 Å². The van der Waals surface area contributed by atoms with Gasteiger partial charge in [0.1, 0.15) is 5.75 Å². The van der Waals surface area contributed by atoms with Crippen molar-refractivity contribution in [2.45, 2.75) is 13.8 Å². The van der Waals surface area contributed by atoms with Gasteiger partial charge in [-0.25, -0.2) is 4.79 Å². The highest BCUT2D eigenvalue weighted by Gasteiger charge is 2.23. The van der Waals surface area contributed by atoms with E-state index in [1.807, 2.05) is 12.1 Å². The summed E-state index contributed by atoms with van der Waals surface area (Å²) in [5.41, 5.74) is 4.92. The van der Waals surface area contributed by atoms with Crippen molar-refractivity contribution < 1.29 is 9.53 Å². The molecular formula is C24H26ClN5O2. The number of benzene rings is 2. The molecule has 7 nitrogen and oxygen atoms in total. The van der Waals surface area contributed by atoms with E-state index in [4.69, 9.17) is 16.3 Å². The summed E-state index contributed by atoms with van der Waals surface area (Å²) in [6.45, 7) is 6.68. The van der Waals surface area contributed by atoms with Crippen LogP contribution in [-0.2, 0) is 0 Å². The number of halogens is 1. The van der Waals surface area contributed by atoms with Crippen LogP contribution in [0.3, 0.4) is 0 Å². The predicted octanol–water partition coefficient (Wildman–Crippen LogP) is 4.78. The maximum atomic E-state index is 12.7. The molecule has 1 aromatic heterocycles. The second kappa shape index (κ2) is 9.44. The van der Waals surface area contributed by atoms with Gasteiger partial charge in [0.15, 0.2) is 5.82 Å². The van der Waals surface area contributed by atoms with Crippen LogP contribution < -0.4 is 15.0 Å². The van der Waals surface area contributed by atoms with Gasteiger partial charge in [-0.1, -0.05) is 35.4 Å². The van der Waals surface area contributed by atoms with Crippen molar-refractivity contribution in [2.75, 3.05) is 43.5 Å². The summed E-state index contributed by atoms with van der Waals surface area (Å²) in [6, 6.07) is 15.3. The Hall–Kier alpha value is -3.32. The van der Waals surface area contributed by atoms with Gasteiger partial charge in [-0.05, 0) is 49.7 Å². The quantitative estimate of drug-likeness (QED) is 0.618. The summed E-state index contributed by atoms with van der Waals surface area (Å²) < 4.78 is 5.30. The molecule has 1 N–H and O–H groups in total. The Morgan fingerprint density at radius 1 is 1.00 bits per heavy atom. The molecule has 1 fully saturated rings. The van der Waals surface area contributed by atoms with E-state index < -0.39 is 0 Å². The molecule has 0 spiro atoms.